The maximum absolute atomic E-state index is 13.3. The lowest BCUT2D eigenvalue weighted by atomic mass is 9.93. The standard InChI is InChI=1S/C16H19F3N2O4/c1-25-10-9-21-14(23)12(7-8-15(21,24)16(17,18)19)20-13(22)11-5-3-2-4-6-11/h2-6,12,24H,7-10H2,1H3,(H,20,22)/t12-,15-/m0/s1. The first-order chi connectivity index (χ1) is 11.7. The average Bonchev–Trinajstić information content (AvgIpc) is 2.57. The van der Waals surface area contributed by atoms with E-state index in [1.807, 2.05) is 0 Å². The van der Waals surface area contributed by atoms with Crippen LogP contribution in [0.15, 0.2) is 30.3 Å². The zero-order valence-corrected chi connectivity index (χ0v) is 13.5. The topological polar surface area (TPSA) is 78.9 Å². The van der Waals surface area contributed by atoms with Crippen LogP contribution in [0.25, 0.3) is 0 Å². The van der Waals surface area contributed by atoms with E-state index in [4.69, 9.17) is 4.74 Å². The van der Waals surface area contributed by atoms with Crippen LogP contribution in [-0.2, 0) is 9.53 Å². The normalized spacial score (nSPS) is 24.3. The van der Waals surface area contributed by atoms with Gasteiger partial charge in [0.2, 0.25) is 11.6 Å². The van der Waals surface area contributed by atoms with Gasteiger partial charge in [0.05, 0.1) is 6.61 Å². The zero-order valence-electron chi connectivity index (χ0n) is 13.5. The van der Waals surface area contributed by atoms with Gasteiger partial charge in [-0.25, -0.2) is 0 Å². The number of ether oxygens (including phenoxy) is 1. The lowest BCUT2D eigenvalue weighted by molar-refractivity contribution is -0.318. The molecule has 1 heterocycles. The minimum Gasteiger partial charge on any atom is -0.383 e. The number of rotatable bonds is 5. The molecule has 0 saturated carbocycles. The van der Waals surface area contributed by atoms with Gasteiger partial charge in [-0.15, -0.1) is 0 Å². The van der Waals surface area contributed by atoms with Crippen molar-refractivity contribution in [2.75, 3.05) is 20.3 Å². The van der Waals surface area contributed by atoms with Gasteiger partial charge < -0.3 is 20.1 Å². The number of hydrogen-bond acceptors (Lipinski definition) is 4. The molecule has 1 aromatic rings. The Morgan fingerprint density at radius 3 is 2.60 bits per heavy atom. The number of hydrogen-bond donors (Lipinski definition) is 2. The van der Waals surface area contributed by atoms with Crippen LogP contribution in [0.5, 0.6) is 0 Å². The molecule has 2 amide bonds. The fraction of sp³-hybridized carbons (Fsp3) is 0.500. The van der Waals surface area contributed by atoms with Crippen molar-refractivity contribution in [3.63, 3.8) is 0 Å². The van der Waals surface area contributed by atoms with Crippen LogP contribution in [0.4, 0.5) is 13.2 Å². The van der Waals surface area contributed by atoms with E-state index in [-0.39, 0.29) is 18.6 Å². The summed E-state index contributed by atoms with van der Waals surface area (Å²) in [5.41, 5.74) is -2.98. The second-order valence-corrected chi connectivity index (χ2v) is 5.73. The first-order valence-electron chi connectivity index (χ1n) is 7.66. The molecule has 138 valence electrons. The van der Waals surface area contributed by atoms with Crippen LogP contribution in [0, 0.1) is 0 Å². The van der Waals surface area contributed by atoms with Crippen molar-refractivity contribution in [2.24, 2.45) is 0 Å². The quantitative estimate of drug-likeness (QED) is 0.830. The van der Waals surface area contributed by atoms with E-state index < -0.39 is 42.7 Å². The van der Waals surface area contributed by atoms with Gasteiger partial charge in [0.15, 0.2) is 0 Å². The second-order valence-electron chi connectivity index (χ2n) is 5.73. The summed E-state index contributed by atoms with van der Waals surface area (Å²) in [6, 6.07) is 6.87. The van der Waals surface area contributed by atoms with Gasteiger partial charge in [-0.2, -0.15) is 13.2 Å². The fourth-order valence-electron chi connectivity index (χ4n) is 2.71. The Morgan fingerprint density at radius 1 is 1.40 bits per heavy atom. The summed E-state index contributed by atoms with van der Waals surface area (Å²) in [6.45, 7) is -0.619. The molecule has 0 aliphatic carbocycles. The molecule has 9 heteroatoms. The Bertz CT molecular complexity index is 624. The SMILES string of the molecule is COCCN1C(=O)[C@@H](NC(=O)c2ccccc2)CC[C@]1(O)C(F)(F)F. The highest BCUT2D eigenvalue weighted by Gasteiger charge is 2.61. The minimum atomic E-state index is -5.01. The van der Waals surface area contributed by atoms with Crippen molar-refractivity contribution in [2.45, 2.75) is 30.8 Å². The largest absolute Gasteiger partial charge is 0.436 e. The molecule has 2 rings (SSSR count). The molecular formula is C16H19F3N2O4. The summed E-state index contributed by atoms with van der Waals surface area (Å²) >= 11 is 0. The summed E-state index contributed by atoms with van der Waals surface area (Å²) < 4.78 is 44.5. The summed E-state index contributed by atoms with van der Waals surface area (Å²) in [5.74, 6) is -1.56. The van der Waals surface area contributed by atoms with Crippen molar-refractivity contribution >= 4 is 11.8 Å². The van der Waals surface area contributed by atoms with Crippen molar-refractivity contribution in [1.29, 1.82) is 0 Å². The van der Waals surface area contributed by atoms with Crippen LogP contribution in [0.1, 0.15) is 23.2 Å². The molecule has 1 saturated heterocycles. The molecule has 1 fully saturated rings. The number of carbonyl (C=O) groups is 2. The molecule has 6 nitrogen and oxygen atoms in total. The maximum atomic E-state index is 13.3. The van der Waals surface area contributed by atoms with Crippen LogP contribution in [0.3, 0.4) is 0 Å². The van der Waals surface area contributed by atoms with Crippen LogP contribution in [0.2, 0.25) is 0 Å². The highest BCUT2D eigenvalue weighted by molar-refractivity contribution is 5.97. The van der Waals surface area contributed by atoms with E-state index in [2.05, 4.69) is 5.32 Å². The number of carbonyl (C=O) groups excluding carboxylic acids is 2. The van der Waals surface area contributed by atoms with Crippen LogP contribution < -0.4 is 5.32 Å². The number of aliphatic hydroxyl groups is 1. The van der Waals surface area contributed by atoms with Gasteiger partial charge in [-0.1, -0.05) is 18.2 Å². The predicted octanol–water partition coefficient (Wildman–Crippen LogP) is 1.30. The van der Waals surface area contributed by atoms with Crippen LogP contribution >= 0.6 is 0 Å². The van der Waals surface area contributed by atoms with Crippen molar-refractivity contribution in [3.8, 4) is 0 Å². The van der Waals surface area contributed by atoms with Crippen molar-refractivity contribution in [3.05, 3.63) is 35.9 Å². The molecule has 1 aliphatic heterocycles. The molecule has 0 bridgehead atoms. The van der Waals surface area contributed by atoms with Gasteiger partial charge in [-0.3, -0.25) is 9.59 Å². The highest BCUT2D eigenvalue weighted by Crippen LogP contribution is 2.40. The number of nitrogens with zero attached hydrogens (tertiary/aromatic N) is 1. The molecule has 25 heavy (non-hydrogen) atoms. The molecule has 0 unspecified atom stereocenters. The third kappa shape index (κ3) is 3.93. The molecule has 2 atom stereocenters. The predicted molar refractivity (Wildman–Crippen MR) is 81.5 cm³/mol. The number of amides is 2. The first kappa shape index (κ1) is 19.2. The average molecular weight is 360 g/mol. The number of alkyl halides is 3. The Balaban J connectivity index is 2.18. The smallest absolute Gasteiger partial charge is 0.383 e. The third-order valence-corrected chi connectivity index (χ3v) is 4.11. The molecule has 1 aliphatic rings. The number of piperidine rings is 1. The number of benzene rings is 1. The number of halogens is 3. The summed E-state index contributed by atoms with van der Waals surface area (Å²) in [5, 5.41) is 12.5. The van der Waals surface area contributed by atoms with Gasteiger partial charge >= 0.3 is 6.18 Å². The number of methoxy groups -OCH3 is 1. The monoisotopic (exact) mass is 360 g/mol. The highest BCUT2D eigenvalue weighted by atomic mass is 19.4. The molecule has 1 aromatic carbocycles. The molecule has 0 aromatic heterocycles. The minimum absolute atomic E-state index is 0.177. The lowest BCUT2D eigenvalue weighted by Crippen LogP contribution is -2.68. The van der Waals surface area contributed by atoms with E-state index in [0.29, 0.717) is 4.90 Å². The first-order valence-corrected chi connectivity index (χ1v) is 7.66. The lowest BCUT2D eigenvalue weighted by Gasteiger charge is -2.46. The van der Waals surface area contributed by atoms with E-state index >= 15 is 0 Å². The van der Waals surface area contributed by atoms with E-state index in [9.17, 15) is 27.9 Å². The van der Waals surface area contributed by atoms with Gasteiger partial charge in [-0.05, 0) is 18.6 Å². The molecule has 0 radical (unpaired) electrons. The molecule has 2 N–H and O–H groups in total. The Labute approximate surface area is 142 Å². The third-order valence-electron chi connectivity index (χ3n) is 4.11. The Morgan fingerprint density at radius 2 is 2.04 bits per heavy atom. The van der Waals surface area contributed by atoms with Crippen molar-refractivity contribution in [1.82, 2.24) is 10.2 Å². The van der Waals surface area contributed by atoms with Gasteiger partial charge in [0.1, 0.15) is 6.04 Å². The summed E-state index contributed by atoms with van der Waals surface area (Å²) in [6.07, 6.45) is -6.06. The van der Waals surface area contributed by atoms with Crippen molar-refractivity contribution < 1.29 is 32.6 Å². The number of nitrogens with one attached hydrogen (secondary N) is 1. The van der Waals surface area contributed by atoms with Crippen LogP contribution in [-0.4, -0.2) is 60.0 Å². The van der Waals surface area contributed by atoms with E-state index in [1.165, 1.54) is 19.2 Å². The maximum Gasteiger partial charge on any atom is 0.436 e. The number of likely N-dealkylation sites (tertiary alicyclic amines) is 1. The summed E-state index contributed by atoms with van der Waals surface area (Å²) in [4.78, 5) is 24.9. The molecule has 0 spiro atoms. The fourth-order valence-corrected chi connectivity index (χ4v) is 2.71. The Hall–Kier alpha value is -2.13. The molecular weight excluding hydrogens is 341 g/mol. The van der Waals surface area contributed by atoms with E-state index in [1.54, 1.807) is 18.2 Å². The Kier molecular flexibility index (Phi) is 5.69. The second kappa shape index (κ2) is 7.40. The summed E-state index contributed by atoms with van der Waals surface area (Å²) in [7, 11) is 1.27. The van der Waals surface area contributed by atoms with E-state index in [0.717, 1.165) is 0 Å². The van der Waals surface area contributed by atoms with Gasteiger partial charge in [0, 0.05) is 25.6 Å². The zero-order chi connectivity index (χ0) is 18.7. The van der Waals surface area contributed by atoms with Gasteiger partial charge in [0.25, 0.3) is 5.91 Å².